The first-order valence-electron chi connectivity index (χ1n) is 5.33. The molecule has 0 radical (unpaired) electrons. The largest absolute Gasteiger partial charge is 0.480 e. The fraction of sp³-hybridized carbons (Fsp3) is 0.900. The van der Waals surface area contributed by atoms with Gasteiger partial charge in [-0.2, -0.15) is 0 Å². The number of carbonyl (C=O) groups is 1. The second-order valence-corrected chi connectivity index (χ2v) is 3.93. The highest BCUT2D eigenvalue weighted by Crippen LogP contribution is 2.17. The van der Waals surface area contributed by atoms with E-state index < -0.39 is 12.0 Å². The fourth-order valence-electron chi connectivity index (χ4n) is 1.93. The molecule has 1 saturated carbocycles. The van der Waals surface area contributed by atoms with Gasteiger partial charge in [0.05, 0.1) is 6.61 Å². The fourth-order valence-corrected chi connectivity index (χ4v) is 1.93. The van der Waals surface area contributed by atoms with Crippen LogP contribution in [0.1, 0.15) is 38.5 Å². The Labute approximate surface area is 84.3 Å². The Morgan fingerprint density at radius 2 is 1.86 bits per heavy atom. The normalized spacial score (nSPS) is 21.5. The van der Waals surface area contributed by atoms with Crippen molar-refractivity contribution in [3.8, 4) is 0 Å². The van der Waals surface area contributed by atoms with E-state index in [9.17, 15) is 4.79 Å². The van der Waals surface area contributed by atoms with E-state index in [1.807, 2.05) is 0 Å². The summed E-state index contributed by atoms with van der Waals surface area (Å²) in [6.07, 6.45) is 6.88. The summed E-state index contributed by atoms with van der Waals surface area (Å²) in [7, 11) is 0. The lowest BCUT2D eigenvalue weighted by Gasteiger charge is -2.20. The monoisotopic (exact) mass is 201 g/mol. The van der Waals surface area contributed by atoms with Gasteiger partial charge >= 0.3 is 5.97 Å². The van der Waals surface area contributed by atoms with E-state index in [0.29, 0.717) is 0 Å². The van der Waals surface area contributed by atoms with Crippen LogP contribution in [0.2, 0.25) is 0 Å². The van der Waals surface area contributed by atoms with E-state index in [1.165, 1.54) is 12.8 Å². The lowest BCUT2D eigenvalue weighted by Crippen LogP contribution is -2.45. The van der Waals surface area contributed by atoms with Gasteiger partial charge in [0.15, 0.2) is 0 Å². The van der Waals surface area contributed by atoms with Gasteiger partial charge in [0.1, 0.15) is 6.04 Å². The van der Waals surface area contributed by atoms with Crippen LogP contribution in [0.3, 0.4) is 0 Å². The molecule has 0 amide bonds. The number of carboxylic acid groups (broad SMARTS) is 1. The van der Waals surface area contributed by atoms with Crippen molar-refractivity contribution < 1.29 is 15.0 Å². The molecular formula is C10H19NO3. The summed E-state index contributed by atoms with van der Waals surface area (Å²) in [4.78, 5) is 10.7. The molecular weight excluding hydrogens is 182 g/mol. The molecule has 82 valence electrons. The molecule has 0 heterocycles. The number of rotatable bonds is 4. The smallest absolute Gasteiger partial charge is 0.323 e. The lowest BCUT2D eigenvalue weighted by atomic mass is 10.1. The summed E-state index contributed by atoms with van der Waals surface area (Å²) < 4.78 is 0. The Bertz CT molecular complexity index is 176. The van der Waals surface area contributed by atoms with Crippen LogP contribution in [-0.2, 0) is 4.79 Å². The summed E-state index contributed by atoms with van der Waals surface area (Å²) >= 11 is 0. The molecule has 4 nitrogen and oxygen atoms in total. The second kappa shape index (κ2) is 5.98. The van der Waals surface area contributed by atoms with E-state index >= 15 is 0 Å². The van der Waals surface area contributed by atoms with Crippen molar-refractivity contribution in [2.45, 2.75) is 50.6 Å². The zero-order chi connectivity index (χ0) is 10.4. The molecule has 0 aromatic heterocycles. The first-order valence-corrected chi connectivity index (χ1v) is 5.33. The van der Waals surface area contributed by atoms with Gasteiger partial charge < -0.3 is 10.2 Å². The first-order chi connectivity index (χ1) is 6.74. The molecule has 4 heteroatoms. The van der Waals surface area contributed by atoms with Crippen LogP contribution in [0.15, 0.2) is 0 Å². The van der Waals surface area contributed by atoms with Crippen molar-refractivity contribution in [3.63, 3.8) is 0 Å². The van der Waals surface area contributed by atoms with E-state index in [2.05, 4.69) is 5.32 Å². The molecule has 1 rings (SSSR count). The van der Waals surface area contributed by atoms with Crippen LogP contribution in [0.5, 0.6) is 0 Å². The van der Waals surface area contributed by atoms with Crippen LogP contribution in [0, 0.1) is 0 Å². The molecule has 1 fully saturated rings. The minimum atomic E-state index is -0.961. The van der Waals surface area contributed by atoms with Crippen molar-refractivity contribution in [1.82, 2.24) is 5.32 Å². The summed E-state index contributed by atoms with van der Waals surface area (Å²) in [5.41, 5.74) is 0. The van der Waals surface area contributed by atoms with Crippen molar-refractivity contribution >= 4 is 5.97 Å². The molecule has 1 unspecified atom stereocenters. The second-order valence-electron chi connectivity index (χ2n) is 3.93. The summed E-state index contributed by atoms with van der Waals surface area (Å²) in [5.74, 6) is -0.961. The van der Waals surface area contributed by atoms with Crippen LogP contribution in [-0.4, -0.2) is 34.9 Å². The van der Waals surface area contributed by atoms with Gasteiger partial charge in [0, 0.05) is 6.04 Å². The summed E-state index contributed by atoms with van der Waals surface area (Å²) in [6, 6.07) is -0.524. The molecule has 0 aliphatic heterocycles. The van der Waals surface area contributed by atoms with Gasteiger partial charge in [-0.3, -0.25) is 10.1 Å². The van der Waals surface area contributed by atoms with Crippen molar-refractivity contribution in [1.29, 1.82) is 0 Å². The van der Waals surface area contributed by atoms with Gasteiger partial charge in [-0.1, -0.05) is 25.7 Å². The van der Waals surface area contributed by atoms with Crippen molar-refractivity contribution in [2.24, 2.45) is 0 Å². The van der Waals surface area contributed by atoms with Crippen LogP contribution in [0.25, 0.3) is 0 Å². The molecule has 0 aromatic rings. The van der Waals surface area contributed by atoms with Crippen LogP contribution < -0.4 is 5.32 Å². The topological polar surface area (TPSA) is 69.6 Å². The van der Waals surface area contributed by atoms with E-state index in [1.54, 1.807) is 0 Å². The third-order valence-electron chi connectivity index (χ3n) is 2.77. The number of nitrogens with one attached hydrogen (secondary N) is 1. The molecule has 0 saturated heterocycles. The zero-order valence-electron chi connectivity index (χ0n) is 8.41. The van der Waals surface area contributed by atoms with E-state index in [0.717, 1.165) is 25.7 Å². The average Bonchev–Trinajstić information content (AvgIpc) is 2.41. The minimum Gasteiger partial charge on any atom is -0.480 e. The quantitative estimate of drug-likeness (QED) is 0.587. The standard InChI is InChI=1S/C10H19NO3/c12-7-9(10(13)14)11-8-5-3-1-2-4-6-8/h8-9,11-12H,1-7H2,(H,13,14). The van der Waals surface area contributed by atoms with Gasteiger partial charge in [-0.15, -0.1) is 0 Å². The SMILES string of the molecule is O=C(O)C(CO)NC1CCCCCC1. The molecule has 0 spiro atoms. The Morgan fingerprint density at radius 3 is 2.29 bits per heavy atom. The summed E-state index contributed by atoms with van der Waals surface area (Å²) in [6.45, 7) is -0.328. The number of aliphatic hydroxyl groups excluding tert-OH is 1. The molecule has 1 atom stereocenters. The third-order valence-corrected chi connectivity index (χ3v) is 2.77. The van der Waals surface area contributed by atoms with Crippen LogP contribution in [0.4, 0.5) is 0 Å². The van der Waals surface area contributed by atoms with E-state index in [-0.39, 0.29) is 12.6 Å². The maximum Gasteiger partial charge on any atom is 0.323 e. The van der Waals surface area contributed by atoms with Gasteiger partial charge in [-0.25, -0.2) is 0 Å². The van der Waals surface area contributed by atoms with Crippen LogP contribution >= 0.6 is 0 Å². The highest BCUT2D eigenvalue weighted by molar-refractivity contribution is 5.73. The number of hydrogen-bond acceptors (Lipinski definition) is 3. The number of hydrogen-bond donors (Lipinski definition) is 3. The number of aliphatic carboxylic acids is 1. The maximum atomic E-state index is 10.7. The molecule has 1 aliphatic carbocycles. The van der Waals surface area contributed by atoms with Gasteiger partial charge in [0.25, 0.3) is 0 Å². The van der Waals surface area contributed by atoms with Crippen molar-refractivity contribution in [3.05, 3.63) is 0 Å². The van der Waals surface area contributed by atoms with Gasteiger partial charge in [0.2, 0.25) is 0 Å². The predicted octanol–water partition coefficient (Wildman–Crippen LogP) is 0.744. The zero-order valence-corrected chi connectivity index (χ0v) is 8.41. The average molecular weight is 201 g/mol. The molecule has 0 aromatic carbocycles. The minimum absolute atomic E-state index is 0.269. The predicted molar refractivity (Wildman–Crippen MR) is 53.1 cm³/mol. The maximum absolute atomic E-state index is 10.7. The Hall–Kier alpha value is -0.610. The molecule has 3 N–H and O–H groups in total. The molecule has 0 bridgehead atoms. The number of carboxylic acids is 1. The summed E-state index contributed by atoms with van der Waals surface area (Å²) in [5, 5.41) is 20.6. The van der Waals surface area contributed by atoms with Gasteiger partial charge in [-0.05, 0) is 12.8 Å². The number of aliphatic hydroxyl groups is 1. The molecule has 14 heavy (non-hydrogen) atoms. The Morgan fingerprint density at radius 1 is 1.29 bits per heavy atom. The highest BCUT2D eigenvalue weighted by Gasteiger charge is 2.21. The molecule has 1 aliphatic rings. The third kappa shape index (κ3) is 3.64. The first kappa shape index (κ1) is 11.5. The Balaban J connectivity index is 2.35. The van der Waals surface area contributed by atoms with E-state index in [4.69, 9.17) is 10.2 Å². The Kier molecular flexibility index (Phi) is 4.90. The highest BCUT2D eigenvalue weighted by atomic mass is 16.4. The lowest BCUT2D eigenvalue weighted by molar-refractivity contribution is -0.140. The van der Waals surface area contributed by atoms with Crippen molar-refractivity contribution in [2.75, 3.05) is 6.61 Å².